The average molecular weight is 253 g/mol. The van der Waals surface area contributed by atoms with Crippen LogP contribution < -0.4 is 0 Å². The maximum Gasteiger partial charge on any atom is 0.255 e. The number of nitrogens with zero attached hydrogens (tertiary/aromatic N) is 2. The number of halogens is 1. The van der Waals surface area contributed by atoms with Crippen molar-refractivity contribution in [2.45, 2.75) is 18.4 Å². The Bertz CT molecular complexity index is 450. The molecule has 2 fully saturated rings. The van der Waals surface area contributed by atoms with Gasteiger partial charge in [0.05, 0.1) is 18.7 Å². The van der Waals surface area contributed by atoms with E-state index in [9.17, 15) is 9.90 Å². The molecule has 3 rings (SSSR count). The van der Waals surface area contributed by atoms with E-state index in [0.717, 1.165) is 12.8 Å². The van der Waals surface area contributed by atoms with E-state index in [4.69, 9.17) is 11.6 Å². The number of carbonyl (C=O) groups is 1. The van der Waals surface area contributed by atoms with Crippen molar-refractivity contribution in [3.8, 4) is 0 Å². The van der Waals surface area contributed by atoms with Crippen LogP contribution in [0.15, 0.2) is 18.3 Å². The van der Waals surface area contributed by atoms with Crippen LogP contribution in [0.4, 0.5) is 0 Å². The van der Waals surface area contributed by atoms with E-state index in [0.29, 0.717) is 29.7 Å². The molecule has 0 radical (unpaired) electrons. The third-order valence-corrected chi connectivity index (χ3v) is 3.75. The lowest BCUT2D eigenvalue weighted by molar-refractivity contribution is -0.0958. The predicted molar refractivity (Wildman–Crippen MR) is 62.8 cm³/mol. The fraction of sp³-hybridized carbons (Fsp3) is 0.500. The first-order valence-electron chi connectivity index (χ1n) is 5.72. The number of β-amino-alcohol motifs (C(OH)–C–C–N with tert-alkyl or cyclic N) is 1. The Morgan fingerprint density at radius 1 is 1.47 bits per heavy atom. The van der Waals surface area contributed by atoms with Crippen molar-refractivity contribution < 1.29 is 9.90 Å². The van der Waals surface area contributed by atoms with Gasteiger partial charge in [0.1, 0.15) is 10.8 Å². The Balaban J connectivity index is 1.66. The summed E-state index contributed by atoms with van der Waals surface area (Å²) in [7, 11) is 0. The molecule has 1 saturated heterocycles. The van der Waals surface area contributed by atoms with Gasteiger partial charge in [0.25, 0.3) is 5.91 Å². The summed E-state index contributed by atoms with van der Waals surface area (Å²) < 4.78 is 0. The van der Waals surface area contributed by atoms with Gasteiger partial charge >= 0.3 is 0 Å². The van der Waals surface area contributed by atoms with Crippen molar-refractivity contribution in [3.05, 3.63) is 29.0 Å². The first-order valence-corrected chi connectivity index (χ1v) is 6.09. The van der Waals surface area contributed by atoms with Crippen molar-refractivity contribution in [3.63, 3.8) is 0 Å². The van der Waals surface area contributed by atoms with Crippen LogP contribution in [-0.4, -0.2) is 39.6 Å². The normalized spacial score (nSPS) is 22.1. The van der Waals surface area contributed by atoms with Gasteiger partial charge in [-0.1, -0.05) is 11.6 Å². The number of pyridine rings is 1. The summed E-state index contributed by atoms with van der Waals surface area (Å²) in [6, 6.07) is 3.26. The van der Waals surface area contributed by atoms with Gasteiger partial charge in [-0.05, 0) is 30.9 Å². The molecular formula is C12H13ClN2O2. The summed E-state index contributed by atoms with van der Waals surface area (Å²) in [5.41, 5.74) is -0.109. The Kier molecular flexibility index (Phi) is 2.38. The van der Waals surface area contributed by atoms with Crippen molar-refractivity contribution in [1.29, 1.82) is 0 Å². The topological polar surface area (TPSA) is 53.4 Å². The molecule has 1 aliphatic carbocycles. The molecule has 1 amide bonds. The molecule has 0 bridgehead atoms. The largest absolute Gasteiger partial charge is 0.386 e. The number of carbonyl (C=O) groups excluding carboxylic acids is 1. The fourth-order valence-corrected chi connectivity index (χ4v) is 2.43. The number of aromatic nitrogens is 1. The van der Waals surface area contributed by atoms with E-state index in [2.05, 4.69) is 4.98 Å². The first kappa shape index (κ1) is 11.0. The second kappa shape index (κ2) is 3.68. The Labute approximate surface area is 104 Å². The minimum absolute atomic E-state index is 0.0838. The molecule has 1 aromatic heterocycles. The highest BCUT2D eigenvalue weighted by Crippen LogP contribution is 2.44. The second-order valence-electron chi connectivity index (χ2n) is 4.91. The summed E-state index contributed by atoms with van der Waals surface area (Å²) in [5.74, 6) is 0.314. The summed E-state index contributed by atoms with van der Waals surface area (Å²) in [6.07, 6.45) is 3.64. The van der Waals surface area contributed by atoms with Gasteiger partial charge in [-0.15, -0.1) is 0 Å². The molecule has 5 heteroatoms. The number of hydrogen-bond acceptors (Lipinski definition) is 3. The van der Waals surface area contributed by atoms with Crippen LogP contribution in [-0.2, 0) is 0 Å². The van der Waals surface area contributed by atoms with Crippen molar-refractivity contribution in [2.24, 2.45) is 5.92 Å². The third-order valence-electron chi connectivity index (χ3n) is 3.53. The van der Waals surface area contributed by atoms with Gasteiger partial charge in [0, 0.05) is 6.20 Å². The van der Waals surface area contributed by atoms with Crippen molar-refractivity contribution in [2.75, 3.05) is 13.1 Å². The van der Waals surface area contributed by atoms with E-state index in [1.165, 1.54) is 6.20 Å². The maximum atomic E-state index is 12.0. The number of likely N-dealkylation sites (tertiary alicyclic amines) is 1. The van der Waals surface area contributed by atoms with Crippen LogP contribution in [0, 0.1) is 5.92 Å². The molecular weight excluding hydrogens is 240 g/mol. The lowest BCUT2D eigenvalue weighted by Gasteiger charge is -2.46. The predicted octanol–water partition coefficient (Wildman–Crippen LogP) is 1.33. The van der Waals surface area contributed by atoms with Crippen LogP contribution in [0.5, 0.6) is 0 Å². The maximum absolute atomic E-state index is 12.0. The van der Waals surface area contributed by atoms with Gasteiger partial charge < -0.3 is 10.0 Å². The third kappa shape index (κ3) is 1.91. The highest BCUT2D eigenvalue weighted by Gasteiger charge is 2.53. The summed E-state index contributed by atoms with van der Waals surface area (Å²) in [4.78, 5) is 17.5. The zero-order valence-electron chi connectivity index (χ0n) is 9.27. The lowest BCUT2D eigenvalue weighted by Crippen LogP contribution is -2.64. The zero-order chi connectivity index (χ0) is 12.0. The van der Waals surface area contributed by atoms with Gasteiger partial charge in [0.2, 0.25) is 0 Å². The number of rotatable bonds is 2. The van der Waals surface area contributed by atoms with E-state index < -0.39 is 5.60 Å². The molecule has 90 valence electrons. The molecule has 0 atom stereocenters. The Hall–Kier alpha value is -1.13. The molecule has 1 N–H and O–H groups in total. The molecule has 0 unspecified atom stereocenters. The average Bonchev–Trinajstić information content (AvgIpc) is 3.09. The monoisotopic (exact) mass is 252 g/mol. The van der Waals surface area contributed by atoms with Gasteiger partial charge in [-0.25, -0.2) is 4.98 Å². The van der Waals surface area contributed by atoms with Crippen LogP contribution in [0.1, 0.15) is 23.2 Å². The second-order valence-corrected chi connectivity index (χ2v) is 5.30. The number of aliphatic hydroxyl groups is 1. The summed E-state index contributed by atoms with van der Waals surface area (Å²) in [5, 5.41) is 10.5. The minimum atomic E-state index is -0.629. The van der Waals surface area contributed by atoms with Gasteiger partial charge in [-0.3, -0.25) is 4.79 Å². The van der Waals surface area contributed by atoms with Crippen LogP contribution in [0.25, 0.3) is 0 Å². The fourth-order valence-electron chi connectivity index (χ4n) is 2.32. The molecule has 0 spiro atoms. The van der Waals surface area contributed by atoms with Gasteiger partial charge in [0.15, 0.2) is 0 Å². The van der Waals surface area contributed by atoms with E-state index >= 15 is 0 Å². The summed E-state index contributed by atoms with van der Waals surface area (Å²) >= 11 is 5.66. The minimum Gasteiger partial charge on any atom is -0.386 e. The SMILES string of the molecule is O=C(c1ccc(Cl)nc1)N1CC(O)(C2CC2)C1. The molecule has 2 heterocycles. The smallest absolute Gasteiger partial charge is 0.255 e. The first-order chi connectivity index (χ1) is 8.08. The number of hydrogen-bond donors (Lipinski definition) is 1. The molecule has 4 nitrogen and oxygen atoms in total. The van der Waals surface area contributed by atoms with Crippen molar-refractivity contribution >= 4 is 17.5 Å². The lowest BCUT2D eigenvalue weighted by atomic mass is 9.88. The molecule has 0 aromatic carbocycles. The molecule has 2 aliphatic rings. The Morgan fingerprint density at radius 2 is 2.18 bits per heavy atom. The molecule has 1 aromatic rings. The summed E-state index contributed by atoms with van der Waals surface area (Å²) in [6.45, 7) is 0.887. The number of amides is 1. The van der Waals surface area contributed by atoms with E-state index in [-0.39, 0.29) is 5.91 Å². The zero-order valence-corrected chi connectivity index (χ0v) is 10.0. The van der Waals surface area contributed by atoms with Crippen LogP contribution in [0.3, 0.4) is 0 Å². The van der Waals surface area contributed by atoms with E-state index in [1.807, 2.05) is 0 Å². The van der Waals surface area contributed by atoms with Crippen LogP contribution in [0.2, 0.25) is 5.15 Å². The quantitative estimate of drug-likeness (QED) is 0.808. The Morgan fingerprint density at radius 3 is 2.71 bits per heavy atom. The van der Waals surface area contributed by atoms with Crippen molar-refractivity contribution in [1.82, 2.24) is 9.88 Å². The highest BCUT2D eigenvalue weighted by atomic mass is 35.5. The van der Waals surface area contributed by atoms with Gasteiger partial charge in [-0.2, -0.15) is 0 Å². The highest BCUT2D eigenvalue weighted by molar-refractivity contribution is 6.29. The molecule has 1 aliphatic heterocycles. The molecule has 1 saturated carbocycles. The molecule has 17 heavy (non-hydrogen) atoms. The van der Waals surface area contributed by atoms with E-state index in [1.54, 1.807) is 17.0 Å². The van der Waals surface area contributed by atoms with Crippen LogP contribution >= 0.6 is 11.6 Å². The standard InChI is InChI=1S/C12H13ClN2O2/c13-10-4-1-8(5-14-10)11(16)15-6-12(17,7-15)9-2-3-9/h1,4-5,9,17H,2-3,6-7H2.